The number of hydrogen-bond donors (Lipinski definition) is 3. The number of carbonyl (C=O) groups excluding carboxylic acids is 1. The van der Waals surface area contributed by atoms with E-state index in [-0.39, 0.29) is 5.78 Å². The van der Waals surface area contributed by atoms with Crippen LogP contribution < -0.4 is 0 Å². The number of aliphatic imine (C=N–C) groups is 1. The molecule has 0 unspecified atom stereocenters. The molecule has 0 saturated carbocycles. The summed E-state index contributed by atoms with van der Waals surface area (Å²) in [6.45, 7) is 2.53. The van der Waals surface area contributed by atoms with Crippen molar-refractivity contribution in [1.82, 2.24) is 19.9 Å². The fourth-order valence-electron chi connectivity index (χ4n) is 0.970. The highest BCUT2D eigenvalue weighted by Gasteiger charge is 2.12. The first-order valence-corrected chi connectivity index (χ1v) is 4.91. The number of aromatic nitrogens is 4. The highest BCUT2D eigenvalue weighted by Crippen LogP contribution is 1.98. The van der Waals surface area contributed by atoms with E-state index in [1.807, 2.05) is 12.9 Å². The van der Waals surface area contributed by atoms with Crippen molar-refractivity contribution in [2.45, 2.75) is 6.92 Å². The van der Waals surface area contributed by atoms with Crippen molar-refractivity contribution in [2.24, 2.45) is 4.99 Å². The van der Waals surface area contributed by atoms with E-state index in [9.17, 15) is 4.79 Å². The van der Waals surface area contributed by atoms with E-state index in [0.717, 1.165) is 0 Å². The first-order chi connectivity index (χ1) is 8.29. The topological polar surface area (TPSA) is 111 Å². The van der Waals surface area contributed by atoms with Crippen LogP contribution in [0.4, 0.5) is 0 Å². The van der Waals surface area contributed by atoms with Gasteiger partial charge >= 0.3 is 0 Å². The number of nitrogens with zero attached hydrogens (tertiary/aromatic N) is 3. The molecule has 0 radical (unpaired) electrons. The molecule has 17 heavy (non-hydrogen) atoms. The van der Waals surface area contributed by atoms with Crippen molar-refractivity contribution in [3.05, 3.63) is 36.4 Å². The lowest BCUT2D eigenvalue weighted by molar-refractivity contribution is 0.102. The minimum absolute atomic E-state index is 0.231. The standard InChI is InChI=1S/C7H6N4O.C3H6N2/c12-5(6-8-1-2-9-6)7-10-3-4-11-7;1-2-5-3-4/h1-4H,(H,8,9)(H,10,11);4H,2H2,1H3. The molecule has 2 rings (SSSR count). The average molecular weight is 232 g/mol. The van der Waals surface area contributed by atoms with Gasteiger partial charge in [0, 0.05) is 31.3 Å². The number of H-pyrrole nitrogens is 2. The lowest BCUT2D eigenvalue weighted by atomic mass is 10.3. The van der Waals surface area contributed by atoms with Crippen LogP contribution in [0.2, 0.25) is 0 Å². The Morgan fingerprint density at radius 2 is 1.88 bits per heavy atom. The molecule has 0 aliphatic carbocycles. The maximum Gasteiger partial charge on any atom is 0.263 e. The van der Waals surface area contributed by atoms with Crippen LogP contribution in [0.15, 0.2) is 29.8 Å². The van der Waals surface area contributed by atoms with Crippen LogP contribution in [0.5, 0.6) is 0 Å². The van der Waals surface area contributed by atoms with Crippen LogP contribution in [-0.2, 0) is 0 Å². The summed E-state index contributed by atoms with van der Waals surface area (Å²) in [6, 6.07) is 1.89. The Morgan fingerprint density at radius 1 is 1.35 bits per heavy atom. The summed E-state index contributed by atoms with van der Waals surface area (Å²) in [5.74, 6) is 0.361. The zero-order valence-corrected chi connectivity index (χ0v) is 9.27. The van der Waals surface area contributed by atoms with Gasteiger partial charge in [-0.1, -0.05) is 0 Å². The summed E-state index contributed by atoms with van der Waals surface area (Å²) in [4.78, 5) is 27.8. The van der Waals surface area contributed by atoms with E-state index in [2.05, 4.69) is 24.9 Å². The molecule has 3 N–H and O–H groups in total. The number of aromatic amines is 2. The quantitative estimate of drug-likeness (QED) is 0.544. The smallest absolute Gasteiger partial charge is 0.263 e. The molecule has 2 heterocycles. The number of imidazole rings is 2. The van der Waals surface area contributed by atoms with E-state index < -0.39 is 0 Å². The van der Waals surface area contributed by atoms with Gasteiger partial charge in [0.05, 0.1) is 6.01 Å². The molecule has 0 spiro atoms. The summed E-state index contributed by atoms with van der Waals surface area (Å²) in [5.41, 5.74) is 0. The molecular formula is C10H12N6O. The van der Waals surface area contributed by atoms with Crippen LogP contribution in [0.3, 0.4) is 0 Å². The van der Waals surface area contributed by atoms with Crippen molar-refractivity contribution in [2.75, 3.05) is 6.54 Å². The van der Waals surface area contributed by atoms with E-state index in [0.29, 0.717) is 18.2 Å². The number of rotatable bonds is 3. The lowest BCUT2D eigenvalue weighted by Gasteiger charge is -1.89. The van der Waals surface area contributed by atoms with E-state index >= 15 is 0 Å². The van der Waals surface area contributed by atoms with Crippen LogP contribution >= 0.6 is 0 Å². The number of nitrogens with one attached hydrogen (secondary N) is 3. The summed E-state index contributed by atoms with van der Waals surface area (Å²) >= 11 is 0. The number of hydrogen-bond acceptors (Lipinski definition) is 5. The van der Waals surface area contributed by atoms with Crippen LogP contribution in [-0.4, -0.2) is 38.3 Å². The maximum absolute atomic E-state index is 11.4. The molecule has 0 amide bonds. The Morgan fingerprint density at radius 3 is 2.12 bits per heavy atom. The molecule has 0 saturated heterocycles. The third-order valence-electron chi connectivity index (χ3n) is 1.66. The van der Waals surface area contributed by atoms with Gasteiger partial charge in [0.15, 0.2) is 11.6 Å². The Kier molecular flexibility index (Phi) is 5.06. The molecule has 88 valence electrons. The SMILES string of the molecule is CCN=C=N.O=C(c1ncc[nH]1)c1ncc[nH]1. The van der Waals surface area contributed by atoms with Crippen molar-refractivity contribution in [3.8, 4) is 0 Å². The van der Waals surface area contributed by atoms with Crippen LogP contribution in [0, 0.1) is 5.41 Å². The first kappa shape index (κ1) is 12.5. The Labute approximate surface area is 97.6 Å². The molecule has 0 bridgehead atoms. The molecule has 0 aliphatic rings. The molecule has 0 atom stereocenters. The molecule has 0 aliphatic heterocycles. The van der Waals surface area contributed by atoms with Gasteiger partial charge in [0.2, 0.25) is 0 Å². The monoisotopic (exact) mass is 232 g/mol. The Hall–Kier alpha value is -2.53. The predicted molar refractivity (Wildman–Crippen MR) is 61.3 cm³/mol. The van der Waals surface area contributed by atoms with Crippen LogP contribution in [0.25, 0.3) is 0 Å². The van der Waals surface area contributed by atoms with Gasteiger partial charge in [-0.2, -0.15) is 0 Å². The predicted octanol–water partition coefficient (Wildman–Crippen LogP) is 1.12. The summed E-state index contributed by atoms with van der Waals surface area (Å²) in [5, 5.41) is 6.19. The largest absolute Gasteiger partial charge is 0.342 e. The minimum atomic E-state index is -0.231. The molecule has 7 nitrogen and oxygen atoms in total. The van der Waals surface area contributed by atoms with Crippen molar-refractivity contribution >= 4 is 11.8 Å². The van der Waals surface area contributed by atoms with Crippen molar-refractivity contribution in [3.63, 3.8) is 0 Å². The molecule has 2 aromatic heterocycles. The first-order valence-electron chi connectivity index (χ1n) is 4.91. The van der Waals surface area contributed by atoms with Gasteiger partial charge in [-0.15, -0.1) is 0 Å². The molecule has 2 aromatic rings. The number of carbonyl (C=O) groups is 1. The summed E-state index contributed by atoms with van der Waals surface area (Å²) in [7, 11) is 0. The highest BCUT2D eigenvalue weighted by atomic mass is 16.1. The summed E-state index contributed by atoms with van der Waals surface area (Å²) in [6.07, 6.45) is 6.23. The minimum Gasteiger partial charge on any atom is -0.342 e. The molecular weight excluding hydrogens is 220 g/mol. The maximum atomic E-state index is 11.4. The Balaban J connectivity index is 0.000000249. The third kappa shape index (κ3) is 3.84. The molecule has 0 aromatic carbocycles. The zero-order chi connectivity index (χ0) is 12.5. The molecule has 0 fully saturated rings. The van der Waals surface area contributed by atoms with E-state index in [1.165, 1.54) is 12.4 Å². The van der Waals surface area contributed by atoms with E-state index in [1.54, 1.807) is 12.4 Å². The van der Waals surface area contributed by atoms with Gasteiger partial charge < -0.3 is 9.97 Å². The average Bonchev–Trinajstić information content (AvgIpc) is 3.04. The number of ketones is 1. The molecule has 7 heteroatoms. The fraction of sp³-hybridized carbons (Fsp3) is 0.200. The van der Waals surface area contributed by atoms with Gasteiger partial charge in [-0.05, 0) is 6.92 Å². The fourth-order valence-corrected chi connectivity index (χ4v) is 0.970. The lowest BCUT2D eigenvalue weighted by Crippen LogP contribution is -2.05. The highest BCUT2D eigenvalue weighted by molar-refractivity contribution is 6.03. The van der Waals surface area contributed by atoms with E-state index in [4.69, 9.17) is 5.41 Å². The normalized spacial score (nSPS) is 8.76. The Bertz CT molecular complexity index is 445. The second kappa shape index (κ2) is 6.86. The van der Waals surface area contributed by atoms with Crippen LogP contribution in [0.1, 0.15) is 23.4 Å². The second-order valence-corrected chi connectivity index (χ2v) is 2.79. The van der Waals surface area contributed by atoms with Gasteiger partial charge in [0.1, 0.15) is 0 Å². The zero-order valence-electron chi connectivity index (χ0n) is 9.27. The van der Waals surface area contributed by atoms with Gasteiger partial charge in [-0.25, -0.2) is 20.4 Å². The summed E-state index contributed by atoms with van der Waals surface area (Å²) < 4.78 is 0. The third-order valence-corrected chi connectivity index (χ3v) is 1.66. The van der Waals surface area contributed by atoms with Crippen molar-refractivity contribution in [1.29, 1.82) is 5.41 Å². The van der Waals surface area contributed by atoms with Gasteiger partial charge in [-0.3, -0.25) is 4.79 Å². The second-order valence-electron chi connectivity index (χ2n) is 2.79. The van der Waals surface area contributed by atoms with Crippen molar-refractivity contribution < 1.29 is 4.79 Å². The van der Waals surface area contributed by atoms with Gasteiger partial charge in [0.25, 0.3) is 5.78 Å².